The lowest BCUT2D eigenvalue weighted by Gasteiger charge is -2.01. The monoisotopic (exact) mass is 280 g/mol. The summed E-state index contributed by atoms with van der Waals surface area (Å²) in [7, 11) is 0. The minimum atomic E-state index is -2.83. The highest BCUT2D eigenvalue weighted by Crippen LogP contribution is 2.12. The molecule has 0 fully saturated rings. The molecule has 0 saturated heterocycles. The van der Waals surface area contributed by atoms with E-state index in [2.05, 4.69) is 4.74 Å². The number of ketones is 1. The number of unbranched alkanes of at least 4 members (excludes halogenated alkanes) is 1. The van der Waals surface area contributed by atoms with Crippen LogP contribution in [0.2, 0.25) is 0 Å². The maximum Gasteiger partial charge on any atom is 0.380 e. The van der Waals surface area contributed by atoms with Gasteiger partial charge in [-0.1, -0.05) is 6.92 Å². The van der Waals surface area contributed by atoms with Crippen LogP contribution in [0, 0.1) is 0 Å². The topological polar surface area (TPSA) is 60.4 Å². The maximum absolute atomic E-state index is 12.3. The molecule has 0 heterocycles. The molecule has 0 aromatic carbocycles. The smallest absolute Gasteiger partial charge is 0.380 e. The zero-order chi connectivity index (χ0) is 14.8. The Morgan fingerprint density at radius 3 is 2.05 bits per heavy atom. The summed E-state index contributed by atoms with van der Waals surface area (Å²) >= 11 is 0. The molecule has 0 atom stereocenters. The first-order chi connectivity index (χ1) is 8.88. The van der Waals surface area contributed by atoms with Crippen molar-refractivity contribution < 1.29 is 32.3 Å². The second-order valence-corrected chi connectivity index (χ2v) is 3.83. The number of esters is 2. The van der Waals surface area contributed by atoms with Crippen molar-refractivity contribution in [3.05, 3.63) is 11.9 Å². The second-order valence-electron chi connectivity index (χ2n) is 3.83. The molecular weight excluding hydrogens is 265 g/mol. The summed E-state index contributed by atoms with van der Waals surface area (Å²) < 4.78 is 39.5. The van der Waals surface area contributed by atoms with E-state index in [1.807, 2.05) is 6.92 Å². The van der Waals surface area contributed by atoms with Gasteiger partial charge in [-0.2, -0.15) is 13.2 Å². The molecule has 0 aliphatic heterocycles. The average Bonchev–Trinajstić information content (AvgIpc) is 2.33. The number of carbonyl (C=O) groups is 3. The van der Waals surface area contributed by atoms with E-state index in [0.717, 1.165) is 6.42 Å². The summed E-state index contributed by atoms with van der Waals surface area (Å²) in [6.07, 6.45) is -0.842. The van der Waals surface area contributed by atoms with Crippen molar-refractivity contribution in [3.63, 3.8) is 0 Å². The molecule has 4 nitrogen and oxygen atoms in total. The molecule has 7 heteroatoms. The number of rotatable bonds is 8. The zero-order valence-corrected chi connectivity index (χ0v) is 10.5. The van der Waals surface area contributed by atoms with Crippen LogP contribution in [0.1, 0.15) is 45.4 Å². The number of Topliss-reactive ketones (excluding diaryl/α,β-unsaturated/α-hetero) is 1. The van der Waals surface area contributed by atoms with Crippen molar-refractivity contribution in [2.24, 2.45) is 0 Å². The lowest BCUT2D eigenvalue weighted by atomic mass is 10.1. The molecule has 19 heavy (non-hydrogen) atoms. The molecule has 0 aromatic rings. The maximum atomic E-state index is 12.3. The van der Waals surface area contributed by atoms with Gasteiger partial charge in [-0.25, -0.2) is 4.79 Å². The van der Waals surface area contributed by atoms with Crippen molar-refractivity contribution in [1.29, 1.82) is 0 Å². The van der Waals surface area contributed by atoms with Gasteiger partial charge in [0.15, 0.2) is 0 Å². The fourth-order valence-corrected chi connectivity index (χ4v) is 1.27. The van der Waals surface area contributed by atoms with Crippen LogP contribution < -0.4 is 0 Å². The molecule has 0 spiro atoms. The van der Waals surface area contributed by atoms with Crippen molar-refractivity contribution >= 4 is 17.7 Å². The summed E-state index contributed by atoms with van der Waals surface area (Å²) in [6, 6.07) is 0. The van der Waals surface area contributed by atoms with Crippen LogP contribution in [0.25, 0.3) is 0 Å². The van der Waals surface area contributed by atoms with E-state index in [-0.39, 0.29) is 18.6 Å². The van der Waals surface area contributed by atoms with Gasteiger partial charge in [0.2, 0.25) is 0 Å². The van der Waals surface area contributed by atoms with Gasteiger partial charge in [-0.3, -0.25) is 9.59 Å². The Balaban J connectivity index is 3.86. The molecular formula is C12H15F3O4. The summed E-state index contributed by atoms with van der Waals surface area (Å²) in [5.41, 5.74) is 0. The van der Waals surface area contributed by atoms with Gasteiger partial charge in [0.05, 0.1) is 0 Å². The van der Waals surface area contributed by atoms with Gasteiger partial charge < -0.3 is 4.74 Å². The van der Waals surface area contributed by atoms with E-state index < -0.39 is 23.8 Å². The largest absolute Gasteiger partial charge is 0.388 e. The zero-order valence-electron chi connectivity index (χ0n) is 10.5. The Morgan fingerprint density at radius 1 is 0.947 bits per heavy atom. The fraction of sp³-hybridized carbons (Fsp3) is 0.583. The van der Waals surface area contributed by atoms with Gasteiger partial charge in [0.25, 0.3) is 5.83 Å². The predicted molar refractivity (Wildman–Crippen MR) is 59.8 cm³/mol. The predicted octanol–water partition coefficient (Wildman–Crippen LogP) is 3.06. The van der Waals surface area contributed by atoms with E-state index in [4.69, 9.17) is 0 Å². The molecule has 0 rings (SSSR count). The Kier molecular flexibility index (Phi) is 8.48. The first-order valence-electron chi connectivity index (χ1n) is 5.86. The van der Waals surface area contributed by atoms with Gasteiger partial charge in [0.1, 0.15) is 5.78 Å². The lowest BCUT2D eigenvalue weighted by molar-refractivity contribution is -0.158. The number of ether oxygens (including phenoxy) is 1. The van der Waals surface area contributed by atoms with Gasteiger partial charge in [0, 0.05) is 19.3 Å². The first kappa shape index (κ1) is 17.3. The first-order valence-corrected chi connectivity index (χ1v) is 5.86. The van der Waals surface area contributed by atoms with Crippen molar-refractivity contribution in [2.75, 3.05) is 0 Å². The molecule has 0 amide bonds. The second kappa shape index (κ2) is 9.29. The third kappa shape index (κ3) is 8.12. The van der Waals surface area contributed by atoms with E-state index >= 15 is 0 Å². The number of hydrogen-bond acceptors (Lipinski definition) is 4. The summed E-state index contributed by atoms with van der Waals surface area (Å²) in [6.45, 7) is 1.87. The van der Waals surface area contributed by atoms with Crippen LogP contribution in [-0.2, 0) is 19.1 Å². The number of hydrogen-bond donors (Lipinski definition) is 0. The van der Waals surface area contributed by atoms with Crippen LogP contribution in [0.15, 0.2) is 11.9 Å². The lowest BCUT2D eigenvalue weighted by Crippen LogP contribution is -2.13. The summed E-state index contributed by atoms with van der Waals surface area (Å²) in [4.78, 5) is 32.7. The highest BCUT2D eigenvalue weighted by molar-refractivity contribution is 5.94. The van der Waals surface area contributed by atoms with Gasteiger partial charge >= 0.3 is 18.0 Å². The highest BCUT2D eigenvalue weighted by atomic mass is 19.3. The third-order valence-electron chi connectivity index (χ3n) is 2.17. The minimum absolute atomic E-state index is 0.0698. The molecule has 0 saturated carbocycles. The SMILES string of the molecule is CCCC(=O)CCCCC(=O)OC(=O)C(F)=C(F)F. The fourth-order valence-electron chi connectivity index (χ4n) is 1.27. The standard InChI is InChI=1S/C12H15F3O4/c1-2-5-8(16)6-3-4-7-9(17)19-12(18)10(13)11(14)15/h2-7H2,1H3. The number of halogens is 3. The molecule has 0 aliphatic rings. The van der Waals surface area contributed by atoms with Crippen LogP contribution in [-0.4, -0.2) is 17.7 Å². The molecule has 0 aliphatic carbocycles. The molecule has 0 unspecified atom stereocenters. The molecule has 108 valence electrons. The normalized spacial score (nSPS) is 9.89. The Hall–Kier alpha value is -1.66. The van der Waals surface area contributed by atoms with Crippen LogP contribution in [0.5, 0.6) is 0 Å². The number of carbonyl (C=O) groups excluding carboxylic acids is 3. The molecule has 0 aromatic heterocycles. The summed E-state index contributed by atoms with van der Waals surface area (Å²) in [5, 5.41) is 0. The van der Waals surface area contributed by atoms with Gasteiger partial charge in [-0.15, -0.1) is 0 Å². The Morgan fingerprint density at radius 2 is 1.53 bits per heavy atom. The molecule has 0 radical (unpaired) electrons. The molecule has 0 N–H and O–H groups in total. The minimum Gasteiger partial charge on any atom is -0.388 e. The molecule has 0 bridgehead atoms. The van der Waals surface area contributed by atoms with Crippen LogP contribution in [0.3, 0.4) is 0 Å². The van der Waals surface area contributed by atoms with E-state index in [1.165, 1.54) is 0 Å². The van der Waals surface area contributed by atoms with Gasteiger partial charge in [-0.05, 0) is 19.3 Å². The Bertz CT molecular complexity index is 373. The van der Waals surface area contributed by atoms with Crippen LogP contribution in [0.4, 0.5) is 13.2 Å². The van der Waals surface area contributed by atoms with E-state index in [1.54, 1.807) is 0 Å². The quantitative estimate of drug-likeness (QED) is 0.297. The highest BCUT2D eigenvalue weighted by Gasteiger charge is 2.20. The van der Waals surface area contributed by atoms with E-state index in [9.17, 15) is 27.6 Å². The Labute approximate surface area is 108 Å². The van der Waals surface area contributed by atoms with Crippen molar-refractivity contribution in [1.82, 2.24) is 0 Å². The average molecular weight is 280 g/mol. The summed E-state index contributed by atoms with van der Waals surface area (Å²) in [5.74, 6) is -5.39. The van der Waals surface area contributed by atoms with Crippen molar-refractivity contribution in [2.45, 2.75) is 45.4 Å². The third-order valence-corrected chi connectivity index (χ3v) is 2.17. The van der Waals surface area contributed by atoms with E-state index in [0.29, 0.717) is 19.3 Å². The van der Waals surface area contributed by atoms with Crippen molar-refractivity contribution in [3.8, 4) is 0 Å². The van der Waals surface area contributed by atoms with Crippen LogP contribution >= 0.6 is 0 Å².